The third kappa shape index (κ3) is 8.36. The highest BCUT2D eigenvalue weighted by Gasteiger charge is 2.33. The first-order valence-electron chi connectivity index (χ1n) is 15.2. The van der Waals surface area contributed by atoms with Gasteiger partial charge in [-0.3, -0.25) is 9.59 Å². The van der Waals surface area contributed by atoms with E-state index >= 15 is 0 Å². The second kappa shape index (κ2) is 15.0. The molecule has 1 aromatic heterocycles. The number of fused-ring (bicyclic) bond motifs is 1. The number of anilines is 2. The van der Waals surface area contributed by atoms with Crippen LogP contribution in [0.2, 0.25) is 0 Å². The summed E-state index contributed by atoms with van der Waals surface area (Å²) in [4.78, 5) is 56.0. The summed E-state index contributed by atoms with van der Waals surface area (Å²) in [6, 6.07) is 23.4. The fraction of sp³-hybridized carbons (Fsp3) is 0.278. The number of esters is 1. The molecule has 0 aliphatic carbocycles. The molecule has 3 amide bonds. The maximum atomic E-state index is 14.1. The van der Waals surface area contributed by atoms with Gasteiger partial charge in [-0.2, -0.15) is 0 Å². The largest absolute Gasteiger partial charge is 0.497 e. The number of hydrogen-bond acceptors (Lipinski definition) is 9. The van der Waals surface area contributed by atoms with E-state index < -0.39 is 22.9 Å². The number of thiophene rings is 1. The van der Waals surface area contributed by atoms with Crippen LogP contribution in [-0.4, -0.2) is 55.1 Å². The number of rotatable bonds is 9. The molecule has 0 spiro atoms. The van der Waals surface area contributed by atoms with Gasteiger partial charge < -0.3 is 29.7 Å². The first kappa shape index (κ1) is 34.5. The highest BCUT2D eigenvalue weighted by molar-refractivity contribution is 8.00. The molecule has 1 aliphatic heterocycles. The van der Waals surface area contributed by atoms with Crippen LogP contribution in [0.4, 0.5) is 15.5 Å². The lowest BCUT2D eigenvalue weighted by Gasteiger charge is -2.30. The van der Waals surface area contributed by atoms with Crippen molar-refractivity contribution in [3.63, 3.8) is 0 Å². The molecule has 0 saturated heterocycles. The average molecular weight is 688 g/mol. The van der Waals surface area contributed by atoms with Gasteiger partial charge in [-0.1, -0.05) is 42.5 Å². The van der Waals surface area contributed by atoms with Crippen LogP contribution in [0.5, 0.6) is 5.75 Å². The fourth-order valence-corrected chi connectivity index (χ4v) is 7.46. The van der Waals surface area contributed by atoms with Crippen molar-refractivity contribution in [1.29, 1.82) is 0 Å². The minimum atomic E-state index is -0.710. The second-order valence-electron chi connectivity index (χ2n) is 12.0. The van der Waals surface area contributed by atoms with Gasteiger partial charge in [0.1, 0.15) is 21.6 Å². The first-order valence-corrected chi connectivity index (χ1v) is 16.9. The number of hydrogen-bond donors (Lipinski definition) is 2. The molecule has 1 unspecified atom stereocenters. The molecule has 2 N–H and O–H groups in total. The number of nitrogens with zero attached hydrogens (tertiary/aromatic N) is 1. The van der Waals surface area contributed by atoms with E-state index in [2.05, 4.69) is 10.6 Å². The number of benzene rings is 3. The van der Waals surface area contributed by atoms with Crippen LogP contribution in [0.1, 0.15) is 62.7 Å². The molecule has 10 nitrogen and oxygen atoms in total. The lowest BCUT2D eigenvalue weighted by Crippen LogP contribution is -2.39. The lowest BCUT2D eigenvalue weighted by molar-refractivity contribution is -0.115. The highest BCUT2D eigenvalue weighted by atomic mass is 32.2. The van der Waals surface area contributed by atoms with Gasteiger partial charge in [0, 0.05) is 27.6 Å². The van der Waals surface area contributed by atoms with Crippen molar-refractivity contribution < 1.29 is 33.4 Å². The maximum absolute atomic E-state index is 14.1. The third-order valence-electron chi connectivity index (χ3n) is 7.35. The van der Waals surface area contributed by atoms with Crippen molar-refractivity contribution in [2.24, 2.45) is 0 Å². The Kier molecular flexibility index (Phi) is 10.8. The van der Waals surface area contributed by atoms with Crippen molar-refractivity contribution in [1.82, 2.24) is 4.90 Å². The smallest absolute Gasteiger partial charge is 0.410 e. The maximum Gasteiger partial charge on any atom is 0.410 e. The van der Waals surface area contributed by atoms with Gasteiger partial charge in [0.05, 0.1) is 26.3 Å². The summed E-state index contributed by atoms with van der Waals surface area (Å²) in [5.74, 6) is -0.622. The minimum absolute atomic E-state index is 0.250. The van der Waals surface area contributed by atoms with Crippen LogP contribution in [-0.2, 0) is 27.2 Å². The second-order valence-corrected chi connectivity index (χ2v) is 14.2. The van der Waals surface area contributed by atoms with E-state index in [1.165, 1.54) is 30.2 Å². The van der Waals surface area contributed by atoms with E-state index in [4.69, 9.17) is 14.2 Å². The Morgan fingerprint density at radius 1 is 0.917 bits per heavy atom. The molecule has 5 rings (SSSR count). The monoisotopic (exact) mass is 687 g/mol. The van der Waals surface area contributed by atoms with Gasteiger partial charge in [0.2, 0.25) is 5.91 Å². The van der Waals surface area contributed by atoms with Crippen LogP contribution >= 0.6 is 23.1 Å². The lowest BCUT2D eigenvalue weighted by atomic mass is 10.0. The molecule has 1 aliphatic rings. The standard InChI is InChI=1S/C36H37N3O7S2/c1-36(2,3)46-35(43)39-18-17-27-28(21-39)48-33(29(27)34(42)45-5)38-32(41)30(22-11-7-6-8-12-22)47-26-16-10-14-24(20-26)37-31(40)23-13-9-15-25(19-23)44-4/h6-16,19-20,30H,17-18,21H2,1-5H3,(H,37,40)(H,38,41). The Labute approximate surface area is 287 Å². The van der Waals surface area contributed by atoms with Crippen molar-refractivity contribution in [2.75, 3.05) is 31.4 Å². The number of carbonyl (C=O) groups is 4. The Morgan fingerprint density at radius 3 is 2.38 bits per heavy atom. The van der Waals surface area contributed by atoms with Gasteiger partial charge in [-0.05, 0) is 74.7 Å². The molecule has 0 radical (unpaired) electrons. The van der Waals surface area contributed by atoms with Crippen LogP contribution in [0.25, 0.3) is 0 Å². The van der Waals surface area contributed by atoms with E-state index in [-0.39, 0.29) is 18.4 Å². The summed E-state index contributed by atoms with van der Waals surface area (Å²) in [5.41, 5.74) is 2.17. The van der Waals surface area contributed by atoms with Crippen LogP contribution in [0.3, 0.4) is 0 Å². The average Bonchev–Trinajstić information content (AvgIpc) is 3.43. The van der Waals surface area contributed by atoms with Gasteiger partial charge in [-0.25, -0.2) is 9.59 Å². The van der Waals surface area contributed by atoms with Gasteiger partial charge in [0.25, 0.3) is 5.91 Å². The van der Waals surface area contributed by atoms with E-state index in [0.717, 1.165) is 20.9 Å². The van der Waals surface area contributed by atoms with Crippen molar-refractivity contribution >= 4 is 57.7 Å². The Balaban J connectivity index is 1.39. The third-order valence-corrected chi connectivity index (χ3v) is 9.73. The van der Waals surface area contributed by atoms with Gasteiger partial charge in [0.15, 0.2) is 0 Å². The Bertz CT molecular complexity index is 1820. The zero-order chi connectivity index (χ0) is 34.4. The van der Waals surface area contributed by atoms with E-state index in [0.29, 0.717) is 40.5 Å². The van der Waals surface area contributed by atoms with E-state index in [1.54, 1.807) is 48.4 Å². The summed E-state index contributed by atoms with van der Waals surface area (Å²) in [6.07, 6.45) is -0.0227. The van der Waals surface area contributed by atoms with Crippen LogP contribution in [0.15, 0.2) is 83.8 Å². The quantitative estimate of drug-likeness (QED) is 0.137. The van der Waals surface area contributed by atoms with E-state index in [1.807, 2.05) is 63.2 Å². The Morgan fingerprint density at radius 2 is 1.67 bits per heavy atom. The molecule has 0 fully saturated rings. The highest BCUT2D eigenvalue weighted by Crippen LogP contribution is 2.41. The summed E-state index contributed by atoms with van der Waals surface area (Å²) in [5, 5.41) is 5.57. The zero-order valence-electron chi connectivity index (χ0n) is 27.3. The molecule has 4 aromatic rings. The molecule has 0 bridgehead atoms. The molecule has 2 heterocycles. The predicted molar refractivity (Wildman–Crippen MR) is 187 cm³/mol. The molecule has 0 saturated carbocycles. The molecule has 250 valence electrons. The number of nitrogens with one attached hydrogen (secondary N) is 2. The normalized spacial score (nSPS) is 13.1. The van der Waals surface area contributed by atoms with Crippen molar-refractivity contribution in [2.45, 2.75) is 49.5 Å². The zero-order valence-corrected chi connectivity index (χ0v) is 29.0. The van der Waals surface area contributed by atoms with E-state index in [9.17, 15) is 19.2 Å². The first-order chi connectivity index (χ1) is 23.0. The minimum Gasteiger partial charge on any atom is -0.497 e. The fourth-order valence-electron chi connectivity index (χ4n) is 5.12. The molecular formula is C36H37N3O7S2. The number of carbonyl (C=O) groups excluding carboxylic acids is 4. The summed E-state index contributed by atoms with van der Waals surface area (Å²) < 4.78 is 15.9. The molecule has 12 heteroatoms. The number of thioether (sulfide) groups is 1. The number of ether oxygens (including phenoxy) is 3. The molecule has 3 aromatic carbocycles. The van der Waals surface area contributed by atoms with Crippen molar-refractivity contribution in [3.05, 3.63) is 106 Å². The van der Waals surface area contributed by atoms with Gasteiger partial charge in [-0.15, -0.1) is 23.1 Å². The topological polar surface area (TPSA) is 123 Å². The molecule has 48 heavy (non-hydrogen) atoms. The van der Waals surface area contributed by atoms with Gasteiger partial charge >= 0.3 is 12.1 Å². The van der Waals surface area contributed by atoms with Crippen LogP contribution in [0, 0.1) is 0 Å². The summed E-state index contributed by atoms with van der Waals surface area (Å²) in [6.45, 7) is 6.04. The summed E-state index contributed by atoms with van der Waals surface area (Å²) >= 11 is 2.57. The molecular weight excluding hydrogens is 651 g/mol. The molecule has 1 atom stereocenters. The Hall–Kier alpha value is -4.81. The van der Waals surface area contributed by atoms with Crippen molar-refractivity contribution in [3.8, 4) is 5.75 Å². The number of amides is 3. The van der Waals surface area contributed by atoms with Crippen LogP contribution < -0.4 is 15.4 Å². The number of methoxy groups -OCH3 is 2. The summed E-state index contributed by atoms with van der Waals surface area (Å²) in [7, 11) is 2.84. The predicted octanol–water partition coefficient (Wildman–Crippen LogP) is 7.56. The SMILES string of the molecule is COC(=O)c1c(NC(=O)C(Sc2cccc(NC(=O)c3cccc(OC)c3)c2)c2ccccc2)sc2c1CCN(C(=O)OC(C)(C)C)C2.